The second-order valence-electron chi connectivity index (χ2n) is 2.76. The highest BCUT2D eigenvalue weighted by Gasteiger charge is 2.17. The van der Waals surface area contributed by atoms with Crippen molar-refractivity contribution in [1.82, 2.24) is 16.0 Å². The summed E-state index contributed by atoms with van der Waals surface area (Å²) in [6, 6.07) is 0.280. The second-order valence-corrected chi connectivity index (χ2v) is 3.17. The van der Waals surface area contributed by atoms with E-state index in [2.05, 4.69) is 16.0 Å². The molecule has 1 heterocycles. The van der Waals surface area contributed by atoms with Gasteiger partial charge in [0.2, 0.25) is 5.91 Å². The monoisotopic (exact) mass is 187 g/mol. The van der Waals surface area contributed by atoms with Crippen LogP contribution in [0.1, 0.15) is 12.8 Å². The molecule has 1 aliphatic heterocycles. The summed E-state index contributed by atoms with van der Waals surface area (Å²) in [5.41, 5.74) is 0. The highest BCUT2D eigenvalue weighted by atomic mass is 32.1. The third kappa shape index (κ3) is 2.65. The van der Waals surface area contributed by atoms with E-state index >= 15 is 0 Å². The molecule has 0 bridgehead atoms. The van der Waals surface area contributed by atoms with Gasteiger partial charge in [-0.05, 0) is 18.6 Å². The van der Waals surface area contributed by atoms with E-state index in [-0.39, 0.29) is 11.9 Å². The highest BCUT2D eigenvalue weighted by molar-refractivity contribution is 7.80. The third-order valence-electron chi connectivity index (χ3n) is 1.83. The van der Waals surface area contributed by atoms with Gasteiger partial charge in [-0.2, -0.15) is 0 Å². The maximum absolute atomic E-state index is 10.8. The Morgan fingerprint density at radius 3 is 3.00 bits per heavy atom. The van der Waals surface area contributed by atoms with Gasteiger partial charge in [0, 0.05) is 26.1 Å². The van der Waals surface area contributed by atoms with E-state index in [9.17, 15) is 4.79 Å². The van der Waals surface area contributed by atoms with Crippen molar-refractivity contribution in [3.8, 4) is 0 Å². The van der Waals surface area contributed by atoms with Crippen molar-refractivity contribution in [2.24, 2.45) is 0 Å². The van der Waals surface area contributed by atoms with Gasteiger partial charge in [0.1, 0.15) is 0 Å². The van der Waals surface area contributed by atoms with Gasteiger partial charge >= 0.3 is 0 Å². The van der Waals surface area contributed by atoms with E-state index in [4.69, 9.17) is 12.2 Å². The molecule has 0 radical (unpaired) electrons. The van der Waals surface area contributed by atoms with Crippen molar-refractivity contribution in [3.05, 3.63) is 0 Å². The molecule has 0 aromatic heterocycles. The maximum atomic E-state index is 10.8. The summed E-state index contributed by atoms with van der Waals surface area (Å²) in [5.74, 6) is 0.128. The number of nitrogens with one attached hydrogen (secondary N) is 3. The molecule has 0 aromatic carbocycles. The Morgan fingerprint density at radius 1 is 1.75 bits per heavy atom. The Bertz CT molecular complexity index is 185. The molecular weight excluding hydrogens is 174 g/mol. The number of amides is 1. The van der Waals surface area contributed by atoms with Crippen LogP contribution in [0.3, 0.4) is 0 Å². The van der Waals surface area contributed by atoms with Crippen molar-refractivity contribution in [2.45, 2.75) is 18.9 Å². The molecule has 68 valence electrons. The van der Waals surface area contributed by atoms with Crippen LogP contribution < -0.4 is 16.0 Å². The van der Waals surface area contributed by atoms with Crippen LogP contribution in [0.15, 0.2) is 0 Å². The van der Waals surface area contributed by atoms with Crippen LogP contribution in [0.25, 0.3) is 0 Å². The lowest BCUT2D eigenvalue weighted by molar-refractivity contribution is -0.122. The summed E-state index contributed by atoms with van der Waals surface area (Å²) in [6.07, 6.45) is 1.44. The average Bonchev–Trinajstić information content (AvgIpc) is 2.09. The van der Waals surface area contributed by atoms with E-state index in [1.807, 2.05) is 0 Å². The van der Waals surface area contributed by atoms with Gasteiger partial charge in [0.25, 0.3) is 0 Å². The van der Waals surface area contributed by atoms with Crippen molar-refractivity contribution in [1.29, 1.82) is 0 Å². The summed E-state index contributed by atoms with van der Waals surface area (Å²) >= 11 is 4.93. The van der Waals surface area contributed by atoms with Crippen LogP contribution in [-0.4, -0.2) is 30.7 Å². The zero-order valence-corrected chi connectivity index (χ0v) is 7.83. The number of thiocarbonyl (C=S) groups is 1. The predicted octanol–water partition coefficient (Wildman–Crippen LogP) is -0.641. The fraction of sp³-hybridized carbons (Fsp3) is 0.714. The Kier molecular flexibility index (Phi) is 3.28. The quantitative estimate of drug-likeness (QED) is 0.478. The molecule has 0 aromatic rings. The largest absolute Gasteiger partial charge is 0.366 e. The summed E-state index contributed by atoms with van der Waals surface area (Å²) in [4.78, 5) is 10.8. The molecule has 1 atom stereocenters. The molecule has 1 amide bonds. The van der Waals surface area contributed by atoms with Crippen LogP contribution in [0.5, 0.6) is 0 Å². The van der Waals surface area contributed by atoms with Crippen molar-refractivity contribution >= 4 is 23.2 Å². The Hall–Kier alpha value is -0.840. The van der Waals surface area contributed by atoms with Gasteiger partial charge in [0.15, 0.2) is 5.11 Å². The first-order valence-electron chi connectivity index (χ1n) is 3.97. The van der Waals surface area contributed by atoms with Gasteiger partial charge in [-0.25, -0.2) is 0 Å². The van der Waals surface area contributed by atoms with Crippen molar-refractivity contribution in [2.75, 3.05) is 13.6 Å². The number of rotatable bonds is 1. The Labute approximate surface area is 77.1 Å². The molecular formula is C7H13N3OS. The zero-order valence-electron chi connectivity index (χ0n) is 7.02. The van der Waals surface area contributed by atoms with Gasteiger partial charge in [-0.15, -0.1) is 0 Å². The molecule has 0 spiro atoms. The Balaban J connectivity index is 2.26. The van der Waals surface area contributed by atoms with Crippen molar-refractivity contribution in [3.63, 3.8) is 0 Å². The number of carbonyl (C=O) groups is 1. The lowest BCUT2D eigenvalue weighted by Gasteiger charge is -2.24. The van der Waals surface area contributed by atoms with Crippen LogP contribution in [0.4, 0.5) is 0 Å². The highest BCUT2D eigenvalue weighted by Crippen LogP contribution is 2.01. The fourth-order valence-corrected chi connectivity index (χ4v) is 1.28. The number of hydrogen-bond acceptors (Lipinski definition) is 2. The minimum Gasteiger partial charge on any atom is -0.366 e. The minimum absolute atomic E-state index is 0.128. The first-order valence-corrected chi connectivity index (χ1v) is 4.38. The van der Waals surface area contributed by atoms with Crippen LogP contribution >= 0.6 is 12.2 Å². The summed E-state index contributed by atoms with van der Waals surface area (Å²) in [7, 11) is 1.77. The summed E-state index contributed by atoms with van der Waals surface area (Å²) in [5, 5.41) is 9.33. The molecule has 4 nitrogen and oxygen atoms in total. The number of piperidine rings is 1. The van der Waals surface area contributed by atoms with E-state index in [0.717, 1.165) is 6.42 Å². The molecule has 12 heavy (non-hydrogen) atoms. The minimum atomic E-state index is 0.128. The SMILES string of the molecule is CNC(=S)NC1CCC(=O)NC1. The molecule has 0 saturated carbocycles. The van der Waals surface area contributed by atoms with E-state index in [1.54, 1.807) is 7.05 Å². The fourth-order valence-electron chi connectivity index (χ4n) is 1.11. The second kappa shape index (κ2) is 4.25. The molecule has 1 aliphatic rings. The lowest BCUT2D eigenvalue weighted by atomic mass is 10.1. The van der Waals surface area contributed by atoms with Gasteiger partial charge in [-0.3, -0.25) is 4.79 Å². The smallest absolute Gasteiger partial charge is 0.220 e. The summed E-state index contributed by atoms with van der Waals surface area (Å²) in [6.45, 7) is 0.667. The molecule has 0 aliphatic carbocycles. The van der Waals surface area contributed by atoms with Gasteiger partial charge in [0.05, 0.1) is 0 Å². The molecule has 5 heteroatoms. The average molecular weight is 187 g/mol. The van der Waals surface area contributed by atoms with Crippen LogP contribution in [0.2, 0.25) is 0 Å². The van der Waals surface area contributed by atoms with Crippen molar-refractivity contribution < 1.29 is 4.79 Å². The Morgan fingerprint density at radius 2 is 2.50 bits per heavy atom. The molecule has 3 N–H and O–H groups in total. The maximum Gasteiger partial charge on any atom is 0.220 e. The predicted molar refractivity (Wildman–Crippen MR) is 50.8 cm³/mol. The van der Waals surface area contributed by atoms with Crippen LogP contribution in [-0.2, 0) is 4.79 Å². The van der Waals surface area contributed by atoms with E-state index in [0.29, 0.717) is 18.1 Å². The number of carbonyl (C=O) groups excluding carboxylic acids is 1. The molecule has 1 fully saturated rings. The zero-order chi connectivity index (χ0) is 8.97. The normalized spacial score (nSPS) is 22.8. The lowest BCUT2D eigenvalue weighted by Crippen LogP contribution is -2.49. The van der Waals surface area contributed by atoms with Crippen LogP contribution in [0, 0.1) is 0 Å². The number of hydrogen-bond donors (Lipinski definition) is 3. The van der Waals surface area contributed by atoms with E-state index in [1.165, 1.54) is 0 Å². The van der Waals surface area contributed by atoms with Gasteiger partial charge in [-0.1, -0.05) is 0 Å². The molecule has 1 rings (SSSR count). The first kappa shape index (κ1) is 9.25. The van der Waals surface area contributed by atoms with E-state index < -0.39 is 0 Å². The first-order chi connectivity index (χ1) is 5.72. The molecule has 1 unspecified atom stereocenters. The summed E-state index contributed by atoms with van der Waals surface area (Å²) < 4.78 is 0. The van der Waals surface area contributed by atoms with Gasteiger partial charge < -0.3 is 16.0 Å². The standard InChI is InChI=1S/C7H13N3OS/c1-8-7(12)10-5-2-3-6(11)9-4-5/h5H,2-4H2,1H3,(H,9,11)(H2,8,10,12). The topological polar surface area (TPSA) is 53.2 Å². The third-order valence-corrected chi connectivity index (χ3v) is 2.15. The molecule has 1 saturated heterocycles.